The van der Waals surface area contributed by atoms with Gasteiger partial charge in [-0.25, -0.2) is 0 Å². The van der Waals surface area contributed by atoms with Gasteiger partial charge in [-0.05, 0) is 71.5 Å². The first-order chi connectivity index (χ1) is 14.6. The van der Waals surface area contributed by atoms with E-state index < -0.39 is 0 Å². The number of benzene rings is 3. The zero-order chi connectivity index (χ0) is 21.3. The van der Waals surface area contributed by atoms with E-state index in [1.807, 2.05) is 48.5 Å². The van der Waals surface area contributed by atoms with Crippen molar-refractivity contribution in [2.24, 2.45) is 0 Å². The molecule has 3 aromatic rings. The molecular weight excluding hydrogens is 378 g/mol. The maximum absolute atomic E-state index is 12.6. The summed E-state index contributed by atoms with van der Waals surface area (Å²) in [5.41, 5.74) is 2.89. The molecular formula is C25H27NO4. The van der Waals surface area contributed by atoms with Crippen LogP contribution in [0.2, 0.25) is 0 Å². The zero-order valence-electron chi connectivity index (χ0n) is 17.1. The number of rotatable bonds is 4. The van der Waals surface area contributed by atoms with E-state index in [2.05, 4.69) is 17.4 Å². The van der Waals surface area contributed by atoms with Gasteiger partial charge in [0, 0.05) is 11.3 Å². The Kier molecular flexibility index (Phi) is 7.44. The van der Waals surface area contributed by atoms with Crippen LogP contribution in [0.25, 0.3) is 10.8 Å². The number of methoxy groups -OCH3 is 1. The Labute approximate surface area is 176 Å². The monoisotopic (exact) mass is 405 g/mol. The fourth-order valence-corrected chi connectivity index (χ4v) is 3.97. The highest BCUT2D eigenvalue weighted by atomic mass is 16.5. The SMILES string of the molecule is COc1ccc2cc(C(=O)Nc3ccc(C4CCCCC4)cc3)ccc2c1.O=CO. The van der Waals surface area contributed by atoms with Crippen molar-refractivity contribution in [3.05, 3.63) is 71.8 Å². The number of carbonyl (C=O) groups is 2. The average molecular weight is 405 g/mol. The Morgan fingerprint density at radius 1 is 0.967 bits per heavy atom. The minimum Gasteiger partial charge on any atom is -0.497 e. The molecule has 5 heteroatoms. The van der Waals surface area contributed by atoms with E-state index in [9.17, 15) is 4.79 Å². The second-order valence-electron chi connectivity index (χ2n) is 7.44. The number of hydrogen-bond acceptors (Lipinski definition) is 3. The fraction of sp³-hybridized carbons (Fsp3) is 0.280. The highest BCUT2D eigenvalue weighted by molar-refractivity contribution is 6.06. The average Bonchev–Trinajstić information content (AvgIpc) is 2.80. The highest BCUT2D eigenvalue weighted by Gasteiger charge is 2.15. The molecule has 0 heterocycles. The van der Waals surface area contributed by atoms with Gasteiger partial charge in [-0.2, -0.15) is 0 Å². The maximum atomic E-state index is 12.6. The summed E-state index contributed by atoms with van der Waals surface area (Å²) >= 11 is 0. The van der Waals surface area contributed by atoms with Gasteiger partial charge in [0.15, 0.2) is 0 Å². The fourth-order valence-electron chi connectivity index (χ4n) is 3.97. The number of carbonyl (C=O) groups excluding carboxylic acids is 1. The standard InChI is InChI=1S/C24H25NO2.CH2O2/c1-27-23-14-11-19-15-21(8-7-20(19)16-23)24(26)25-22-12-9-18(10-13-22)17-5-3-2-4-6-17;2-1-3/h7-17H,2-6H2,1H3,(H,25,26);1H,(H,2,3). The molecule has 1 aliphatic carbocycles. The first-order valence-electron chi connectivity index (χ1n) is 10.2. The van der Waals surface area contributed by atoms with Crippen molar-refractivity contribution in [3.63, 3.8) is 0 Å². The van der Waals surface area contributed by atoms with Gasteiger partial charge in [-0.1, -0.05) is 43.5 Å². The minimum absolute atomic E-state index is 0.0851. The Balaban J connectivity index is 0.000000806. The molecule has 0 aromatic heterocycles. The van der Waals surface area contributed by atoms with Gasteiger partial charge in [0.1, 0.15) is 5.75 Å². The molecule has 0 unspecified atom stereocenters. The summed E-state index contributed by atoms with van der Waals surface area (Å²) in [6, 6.07) is 20.0. The van der Waals surface area contributed by atoms with E-state index in [-0.39, 0.29) is 12.4 Å². The molecule has 1 amide bonds. The third-order valence-electron chi connectivity index (χ3n) is 5.55. The topological polar surface area (TPSA) is 75.6 Å². The lowest BCUT2D eigenvalue weighted by atomic mass is 9.84. The molecule has 0 radical (unpaired) electrons. The molecule has 1 saturated carbocycles. The van der Waals surface area contributed by atoms with E-state index >= 15 is 0 Å². The summed E-state index contributed by atoms with van der Waals surface area (Å²) < 4.78 is 5.25. The van der Waals surface area contributed by atoms with Gasteiger partial charge in [-0.3, -0.25) is 9.59 Å². The predicted octanol–water partition coefficient (Wildman–Crippen LogP) is 5.85. The van der Waals surface area contributed by atoms with Crippen LogP contribution in [0.3, 0.4) is 0 Å². The van der Waals surface area contributed by atoms with Gasteiger partial charge in [0.25, 0.3) is 12.4 Å². The summed E-state index contributed by atoms with van der Waals surface area (Å²) in [5.74, 6) is 1.41. The third kappa shape index (κ3) is 5.38. The predicted molar refractivity (Wildman–Crippen MR) is 119 cm³/mol. The second-order valence-corrected chi connectivity index (χ2v) is 7.44. The second kappa shape index (κ2) is 10.4. The lowest BCUT2D eigenvalue weighted by Gasteiger charge is -2.22. The molecule has 1 fully saturated rings. The lowest BCUT2D eigenvalue weighted by molar-refractivity contribution is -0.122. The minimum atomic E-state index is -0.250. The van der Waals surface area contributed by atoms with Gasteiger partial charge in [-0.15, -0.1) is 0 Å². The smallest absolute Gasteiger partial charge is 0.290 e. The van der Waals surface area contributed by atoms with Crippen LogP contribution >= 0.6 is 0 Å². The molecule has 2 N–H and O–H groups in total. The highest BCUT2D eigenvalue weighted by Crippen LogP contribution is 2.33. The molecule has 0 saturated heterocycles. The Bertz CT molecular complexity index is 992. The van der Waals surface area contributed by atoms with Crippen molar-refractivity contribution >= 4 is 28.8 Å². The van der Waals surface area contributed by atoms with E-state index in [0.29, 0.717) is 11.5 Å². The molecule has 0 atom stereocenters. The van der Waals surface area contributed by atoms with E-state index in [4.69, 9.17) is 14.6 Å². The molecule has 156 valence electrons. The van der Waals surface area contributed by atoms with Crippen LogP contribution in [0.4, 0.5) is 5.69 Å². The van der Waals surface area contributed by atoms with Crippen molar-refractivity contribution in [1.29, 1.82) is 0 Å². The molecule has 3 aromatic carbocycles. The van der Waals surface area contributed by atoms with Crippen LogP contribution in [-0.2, 0) is 4.79 Å². The Morgan fingerprint density at radius 3 is 2.27 bits per heavy atom. The number of fused-ring (bicyclic) bond motifs is 1. The molecule has 4 rings (SSSR count). The Hall–Kier alpha value is -3.34. The molecule has 5 nitrogen and oxygen atoms in total. The first-order valence-corrected chi connectivity index (χ1v) is 10.2. The normalized spacial score (nSPS) is 13.8. The van der Waals surface area contributed by atoms with Crippen LogP contribution in [-0.4, -0.2) is 24.6 Å². The van der Waals surface area contributed by atoms with Crippen molar-refractivity contribution < 1.29 is 19.4 Å². The summed E-state index contributed by atoms with van der Waals surface area (Å²) in [7, 11) is 1.66. The van der Waals surface area contributed by atoms with Gasteiger partial charge < -0.3 is 15.2 Å². The van der Waals surface area contributed by atoms with E-state index in [1.165, 1.54) is 37.7 Å². The number of hydrogen-bond donors (Lipinski definition) is 2. The number of carboxylic acid groups (broad SMARTS) is 1. The van der Waals surface area contributed by atoms with Crippen molar-refractivity contribution in [1.82, 2.24) is 0 Å². The molecule has 0 aliphatic heterocycles. The van der Waals surface area contributed by atoms with Crippen molar-refractivity contribution in [3.8, 4) is 5.75 Å². The van der Waals surface area contributed by atoms with Crippen LogP contribution in [0.15, 0.2) is 60.7 Å². The number of anilines is 1. The molecule has 0 bridgehead atoms. The molecule has 30 heavy (non-hydrogen) atoms. The molecule has 0 spiro atoms. The third-order valence-corrected chi connectivity index (χ3v) is 5.55. The number of amides is 1. The van der Waals surface area contributed by atoms with E-state index in [1.54, 1.807) is 7.11 Å². The molecule has 1 aliphatic rings. The largest absolute Gasteiger partial charge is 0.497 e. The van der Waals surface area contributed by atoms with Crippen LogP contribution in [0, 0.1) is 0 Å². The van der Waals surface area contributed by atoms with E-state index in [0.717, 1.165) is 22.2 Å². The lowest BCUT2D eigenvalue weighted by Crippen LogP contribution is -2.12. The maximum Gasteiger partial charge on any atom is 0.290 e. The Morgan fingerprint density at radius 2 is 1.60 bits per heavy atom. The number of nitrogens with one attached hydrogen (secondary N) is 1. The van der Waals surface area contributed by atoms with Crippen molar-refractivity contribution in [2.45, 2.75) is 38.0 Å². The number of ether oxygens (including phenoxy) is 1. The van der Waals surface area contributed by atoms with Crippen LogP contribution < -0.4 is 10.1 Å². The first kappa shape index (κ1) is 21.4. The quantitative estimate of drug-likeness (QED) is 0.534. The van der Waals surface area contributed by atoms with Gasteiger partial charge in [0.2, 0.25) is 0 Å². The van der Waals surface area contributed by atoms with Crippen molar-refractivity contribution in [2.75, 3.05) is 12.4 Å². The summed E-state index contributed by atoms with van der Waals surface area (Å²) in [5, 5.41) is 12.0. The van der Waals surface area contributed by atoms with Gasteiger partial charge in [0.05, 0.1) is 7.11 Å². The summed E-state index contributed by atoms with van der Waals surface area (Å²) in [6.07, 6.45) is 6.60. The zero-order valence-corrected chi connectivity index (χ0v) is 17.1. The summed E-state index contributed by atoms with van der Waals surface area (Å²) in [6.45, 7) is -0.250. The van der Waals surface area contributed by atoms with Crippen LogP contribution in [0.1, 0.15) is 53.9 Å². The summed E-state index contributed by atoms with van der Waals surface area (Å²) in [4.78, 5) is 21.0. The van der Waals surface area contributed by atoms with Gasteiger partial charge >= 0.3 is 0 Å². The van der Waals surface area contributed by atoms with Crippen LogP contribution in [0.5, 0.6) is 5.75 Å².